The third-order valence-corrected chi connectivity index (χ3v) is 8.01. The molecule has 0 aromatic heterocycles. The Morgan fingerprint density at radius 1 is 1.22 bits per heavy atom. The van der Waals surface area contributed by atoms with Crippen molar-refractivity contribution in [3.63, 3.8) is 0 Å². The van der Waals surface area contributed by atoms with E-state index in [4.69, 9.17) is 23.7 Å². The maximum Gasteiger partial charge on any atom is 0.337 e. The lowest BCUT2D eigenvalue weighted by Crippen LogP contribution is -2.60. The molecule has 1 saturated carbocycles. The van der Waals surface area contributed by atoms with E-state index in [0.29, 0.717) is 19.3 Å². The van der Waals surface area contributed by atoms with Crippen molar-refractivity contribution in [1.82, 2.24) is 0 Å². The Bertz CT molecular complexity index is 902. The van der Waals surface area contributed by atoms with Crippen LogP contribution < -0.4 is 0 Å². The molecule has 0 aromatic rings. The first-order chi connectivity index (χ1) is 17.7. The lowest BCUT2D eigenvalue weighted by atomic mass is 9.82. The van der Waals surface area contributed by atoms with Gasteiger partial charge in [0.2, 0.25) is 6.29 Å². The van der Waals surface area contributed by atoms with Gasteiger partial charge in [0.1, 0.15) is 36.8 Å². The van der Waals surface area contributed by atoms with Crippen molar-refractivity contribution in [2.45, 2.75) is 69.3 Å². The van der Waals surface area contributed by atoms with Gasteiger partial charge in [-0.1, -0.05) is 13.0 Å². The highest BCUT2D eigenvalue weighted by Gasteiger charge is 2.49. The van der Waals surface area contributed by atoms with Crippen molar-refractivity contribution >= 4 is 18.2 Å². The second kappa shape index (κ2) is 11.6. The smallest absolute Gasteiger partial charge is 0.337 e. The minimum atomic E-state index is -1.66. The van der Waals surface area contributed by atoms with Gasteiger partial charge in [0.05, 0.1) is 25.0 Å². The molecule has 206 valence electrons. The van der Waals surface area contributed by atoms with Gasteiger partial charge >= 0.3 is 11.9 Å². The van der Waals surface area contributed by atoms with E-state index < -0.39 is 67.5 Å². The SMILES string of the molecule is C=C[C@H]1[C@H](O[C@@H]2O[C@H](CO)[C@@H](O)[C@H](O)[C@H]2O)OC=C(C(=O)O[C@H]2C[C@@H]3CC(=O)OC[C@@H]3[C@H]2C)[C@H]1CC=O. The molecule has 12 heteroatoms. The molecule has 3 fully saturated rings. The van der Waals surface area contributed by atoms with Crippen molar-refractivity contribution < 1.29 is 58.5 Å². The highest BCUT2D eigenvalue weighted by atomic mass is 16.8. The molecule has 12 nitrogen and oxygen atoms in total. The average molecular weight is 527 g/mol. The molecule has 37 heavy (non-hydrogen) atoms. The van der Waals surface area contributed by atoms with E-state index in [1.165, 1.54) is 6.08 Å². The van der Waals surface area contributed by atoms with Gasteiger partial charge in [0, 0.05) is 30.6 Å². The van der Waals surface area contributed by atoms with Crippen LogP contribution >= 0.6 is 0 Å². The van der Waals surface area contributed by atoms with Crippen LogP contribution in [-0.4, -0.2) is 95.0 Å². The molecular weight excluding hydrogens is 492 g/mol. The maximum absolute atomic E-state index is 13.2. The average Bonchev–Trinajstić information content (AvgIpc) is 3.18. The van der Waals surface area contributed by atoms with Gasteiger partial charge < -0.3 is 48.9 Å². The minimum absolute atomic E-state index is 0.0193. The Balaban J connectivity index is 1.47. The van der Waals surface area contributed by atoms with Gasteiger partial charge in [-0.05, 0) is 18.3 Å². The first-order valence-corrected chi connectivity index (χ1v) is 12.4. The molecule has 2 saturated heterocycles. The number of fused-ring (bicyclic) bond motifs is 1. The molecule has 4 rings (SSSR count). The third-order valence-electron chi connectivity index (χ3n) is 8.01. The fourth-order valence-electron chi connectivity index (χ4n) is 5.75. The van der Waals surface area contributed by atoms with Crippen molar-refractivity contribution in [1.29, 1.82) is 0 Å². The number of cyclic esters (lactones) is 1. The summed E-state index contributed by atoms with van der Waals surface area (Å²) in [6.07, 6.45) is -5.14. The van der Waals surface area contributed by atoms with E-state index in [1.807, 2.05) is 6.92 Å². The predicted octanol–water partition coefficient (Wildman–Crippen LogP) is -0.819. The molecule has 0 bridgehead atoms. The van der Waals surface area contributed by atoms with E-state index in [-0.39, 0.29) is 42.1 Å². The number of rotatable bonds is 8. The summed E-state index contributed by atoms with van der Waals surface area (Å²) in [6, 6.07) is 0. The van der Waals surface area contributed by atoms with Crippen LogP contribution in [0.2, 0.25) is 0 Å². The topological polar surface area (TPSA) is 178 Å². The summed E-state index contributed by atoms with van der Waals surface area (Å²) < 4.78 is 27.7. The molecule has 0 amide bonds. The van der Waals surface area contributed by atoms with Crippen LogP contribution in [0.1, 0.15) is 26.2 Å². The second-order valence-electron chi connectivity index (χ2n) is 10.1. The van der Waals surface area contributed by atoms with Crippen LogP contribution in [0.4, 0.5) is 0 Å². The summed E-state index contributed by atoms with van der Waals surface area (Å²) in [7, 11) is 0. The Hall–Kier alpha value is -2.35. The Morgan fingerprint density at radius 3 is 2.65 bits per heavy atom. The summed E-state index contributed by atoms with van der Waals surface area (Å²) in [6.45, 7) is 5.39. The van der Waals surface area contributed by atoms with E-state index in [0.717, 1.165) is 6.26 Å². The third kappa shape index (κ3) is 5.45. The highest BCUT2D eigenvalue weighted by Crippen LogP contribution is 2.44. The summed E-state index contributed by atoms with van der Waals surface area (Å²) in [5.74, 6) is -2.23. The minimum Gasteiger partial charge on any atom is -0.471 e. The highest BCUT2D eigenvalue weighted by molar-refractivity contribution is 5.89. The monoisotopic (exact) mass is 526 g/mol. The van der Waals surface area contributed by atoms with Crippen LogP contribution in [-0.2, 0) is 38.1 Å². The van der Waals surface area contributed by atoms with Gasteiger partial charge in [-0.15, -0.1) is 6.58 Å². The van der Waals surface area contributed by atoms with Gasteiger partial charge in [-0.3, -0.25) is 4.79 Å². The zero-order valence-corrected chi connectivity index (χ0v) is 20.5. The fourth-order valence-corrected chi connectivity index (χ4v) is 5.75. The predicted molar refractivity (Wildman–Crippen MR) is 122 cm³/mol. The van der Waals surface area contributed by atoms with Crippen molar-refractivity contribution in [3.8, 4) is 0 Å². The number of hydrogen-bond donors (Lipinski definition) is 4. The molecule has 0 aromatic carbocycles. The van der Waals surface area contributed by atoms with E-state index in [1.54, 1.807) is 0 Å². The standard InChI is InChI=1S/C25H34O12/c1-3-13-14(4-5-26)16(23(32)35-17-6-12-7-19(28)33-9-15(12)11(17)2)10-34-24(13)37-25-22(31)21(30)20(29)18(8-27)36-25/h3,5,10-15,17-18,20-22,24-25,27,29-31H,1,4,6-9H2,2H3/t11-,12-,13-,14+,15-,17+,18-,20-,21+,22-,24+,25+/m1/s1. The van der Waals surface area contributed by atoms with E-state index >= 15 is 0 Å². The summed E-state index contributed by atoms with van der Waals surface area (Å²) in [5, 5.41) is 39.7. The number of aldehydes is 1. The first kappa shape index (κ1) is 27.7. The van der Waals surface area contributed by atoms with Crippen molar-refractivity contribution in [2.75, 3.05) is 13.2 Å². The van der Waals surface area contributed by atoms with Crippen LogP contribution in [0.25, 0.3) is 0 Å². The number of hydrogen-bond acceptors (Lipinski definition) is 12. The van der Waals surface area contributed by atoms with Crippen LogP contribution in [0.3, 0.4) is 0 Å². The molecule has 4 aliphatic rings. The summed E-state index contributed by atoms with van der Waals surface area (Å²) >= 11 is 0. The van der Waals surface area contributed by atoms with Crippen molar-refractivity contribution in [3.05, 3.63) is 24.5 Å². The number of esters is 2. The summed E-state index contributed by atoms with van der Waals surface area (Å²) in [4.78, 5) is 36.4. The molecule has 1 aliphatic carbocycles. The lowest BCUT2D eigenvalue weighted by molar-refractivity contribution is -0.339. The first-order valence-electron chi connectivity index (χ1n) is 12.4. The maximum atomic E-state index is 13.2. The Labute approximate surface area is 213 Å². The molecule has 12 atom stereocenters. The van der Waals surface area contributed by atoms with E-state index in [9.17, 15) is 34.8 Å². The van der Waals surface area contributed by atoms with E-state index in [2.05, 4.69) is 6.58 Å². The quantitative estimate of drug-likeness (QED) is 0.176. The molecule has 4 N–H and O–H groups in total. The van der Waals surface area contributed by atoms with Crippen LogP contribution in [0.5, 0.6) is 0 Å². The molecule has 0 radical (unpaired) electrons. The number of aliphatic hydroxyl groups is 4. The molecule has 0 spiro atoms. The van der Waals surface area contributed by atoms with Crippen molar-refractivity contribution in [2.24, 2.45) is 29.6 Å². The number of carbonyl (C=O) groups is 3. The fraction of sp³-hybridized carbons (Fsp3) is 0.720. The van der Waals surface area contributed by atoms with Gasteiger partial charge in [0.25, 0.3) is 0 Å². The zero-order valence-electron chi connectivity index (χ0n) is 20.5. The number of carbonyl (C=O) groups excluding carboxylic acids is 3. The normalized spacial score (nSPS) is 43.6. The molecular formula is C25H34O12. The summed E-state index contributed by atoms with van der Waals surface area (Å²) in [5.41, 5.74) is 0.111. The van der Waals surface area contributed by atoms with Gasteiger partial charge in [-0.2, -0.15) is 0 Å². The van der Waals surface area contributed by atoms with Gasteiger partial charge in [-0.25, -0.2) is 4.79 Å². The largest absolute Gasteiger partial charge is 0.471 e. The van der Waals surface area contributed by atoms with Gasteiger partial charge in [0.15, 0.2) is 6.29 Å². The molecule has 3 aliphatic heterocycles. The zero-order chi connectivity index (χ0) is 26.9. The Kier molecular flexibility index (Phi) is 8.66. The molecule has 0 unspecified atom stereocenters. The second-order valence-corrected chi connectivity index (χ2v) is 10.1. The number of aliphatic hydroxyl groups excluding tert-OH is 4. The Morgan fingerprint density at radius 2 is 1.97 bits per heavy atom. The lowest BCUT2D eigenvalue weighted by Gasteiger charge is -2.43. The van der Waals surface area contributed by atoms with Crippen LogP contribution in [0.15, 0.2) is 24.5 Å². The van der Waals surface area contributed by atoms with Crippen LogP contribution in [0, 0.1) is 29.6 Å². The number of ether oxygens (including phenoxy) is 5. The molecule has 3 heterocycles.